The SMILES string of the molecule is Cc1cc(C(=O)C[NH3+])c2ccc3cccc4ccc1c2c43.[Br-]. The summed E-state index contributed by atoms with van der Waals surface area (Å²) >= 11 is 0. The molecule has 0 bridgehead atoms. The molecule has 0 unspecified atom stereocenters. The Morgan fingerprint density at radius 3 is 2.23 bits per heavy atom. The molecule has 0 aliphatic heterocycles. The van der Waals surface area contributed by atoms with Crippen LogP contribution in [0.5, 0.6) is 0 Å². The van der Waals surface area contributed by atoms with Crippen molar-refractivity contribution >= 4 is 38.1 Å². The minimum Gasteiger partial charge on any atom is -1.00 e. The number of rotatable bonds is 2. The molecule has 0 heterocycles. The maximum atomic E-state index is 12.2. The Labute approximate surface area is 139 Å². The third kappa shape index (κ3) is 1.93. The van der Waals surface area contributed by atoms with Crippen LogP contribution in [0, 0.1) is 6.92 Å². The van der Waals surface area contributed by atoms with Crippen LogP contribution in [0.2, 0.25) is 0 Å². The summed E-state index contributed by atoms with van der Waals surface area (Å²) in [5.74, 6) is 0.107. The van der Waals surface area contributed by atoms with Crippen LogP contribution < -0.4 is 22.7 Å². The molecule has 0 aliphatic rings. The van der Waals surface area contributed by atoms with E-state index in [1.807, 2.05) is 6.07 Å². The summed E-state index contributed by atoms with van der Waals surface area (Å²) < 4.78 is 0. The quantitative estimate of drug-likeness (QED) is 0.409. The molecule has 22 heavy (non-hydrogen) atoms. The molecule has 0 aliphatic carbocycles. The number of Topliss-reactive ketones (excluding diaryl/α,β-unsaturated/α-hetero) is 1. The fraction of sp³-hybridized carbons (Fsp3) is 0.105. The van der Waals surface area contributed by atoms with Crippen LogP contribution >= 0.6 is 0 Å². The second kappa shape index (κ2) is 5.34. The van der Waals surface area contributed by atoms with Gasteiger partial charge >= 0.3 is 0 Å². The molecule has 4 aromatic rings. The summed E-state index contributed by atoms with van der Waals surface area (Å²) in [5, 5.41) is 7.20. The van der Waals surface area contributed by atoms with E-state index < -0.39 is 0 Å². The van der Waals surface area contributed by atoms with Gasteiger partial charge < -0.3 is 22.7 Å². The van der Waals surface area contributed by atoms with E-state index in [9.17, 15) is 4.79 Å². The van der Waals surface area contributed by atoms with E-state index in [1.165, 1.54) is 26.9 Å². The zero-order valence-corrected chi connectivity index (χ0v) is 13.9. The van der Waals surface area contributed by atoms with Gasteiger partial charge in [-0.3, -0.25) is 4.79 Å². The predicted molar refractivity (Wildman–Crippen MR) is 87.0 cm³/mol. The molecule has 0 atom stereocenters. The second-order valence-electron chi connectivity index (χ2n) is 5.59. The maximum absolute atomic E-state index is 12.2. The van der Waals surface area contributed by atoms with E-state index in [0.29, 0.717) is 6.54 Å². The molecule has 3 heteroatoms. The molecule has 0 saturated carbocycles. The van der Waals surface area contributed by atoms with Crippen molar-refractivity contribution in [2.24, 2.45) is 0 Å². The van der Waals surface area contributed by atoms with Crippen molar-refractivity contribution in [3.05, 3.63) is 59.7 Å². The van der Waals surface area contributed by atoms with E-state index in [4.69, 9.17) is 0 Å². The number of carbonyl (C=O) groups is 1. The lowest BCUT2D eigenvalue weighted by Gasteiger charge is -2.14. The van der Waals surface area contributed by atoms with Gasteiger partial charge in [-0.15, -0.1) is 0 Å². The van der Waals surface area contributed by atoms with Gasteiger partial charge in [-0.25, -0.2) is 0 Å². The highest BCUT2D eigenvalue weighted by Gasteiger charge is 2.16. The molecular formula is C19H16BrNO. The summed E-state index contributed by atoms with van der Waals surface area (Å²) in [6.45, 7) is 2.37. The summed E-state index contributed by atoms with van der Waals surface area (Å²) in [6, 6.07) is 16.9. The van der Waals surface area contributed by atoms with Gasteiger partial charge in [0.25, 0.3) is 0 Å². The van der Waals surface area contributed by atoms with Crippen molar-refractivity contribution in [1.82, 2.24) is 0 Å². The van der Waals surface area contributed by atoms with Gasteiger partial charge in [0.1, 0.15) is 6.54 Å². The van der Waals surface area contributed by atoms with Crippen LogP contribution in [0.25, 0.3) is 32.3 Å². The molecule has 3 N–H and O–H groups in total. The van der Waals surface area contributed by atoms with Crippen LogP contribution in [0.15, 0.2) is 48.5 Å². The Kier molecular flexibility index (Phi) is 3.63. The molecule has 4 rings (SSSR count). The third-order valence-electron chi connectivity index (χ3n) is 4.38. The van der Waals surface area contributed by atoms with Crippen molar-refractivity contribution < 1.29 is 27.5 Å². The largest absolute Gasteiger partial charge is 1.00 e. The Morgan fingerprint density at radius 1 is 0.955 bits per heavy atom. The lowest BCUT2D eigenvalue weighted by atomic mass is 9.88. The van der Waals surface area contributed by atoms with Gasteiger partial charge in [-0.2, -0.15) is 0 Å². The lowest BCUT2D eigenvalue weighted by molar-refractivity contribution is -0.349. The number of benzene rings is 4. The van der Waals surface area contributed by atoms with E-state index in [0.717, 1.165) is 16.5 Å². The van der Waals surface area contributed by atoms with Crippen molar-refractivity contribution in [1.29, 1.82) is 0 Å². The van der Waals surface area contributed by atoms with Crippen LogP contribution in [0.3, 0.4) is 0 Å². The highest BCUT2D eigenvalue weighted by Crippen LogP contribution is 2.37. The number of hydrogen-bond acceptors (Lipinski definition) is 1. The third-order valence-corrected chi connectivity index (χ3v) is 4.38. The van der Waals surface area contributed by atoms with Gasteiger partial charge in [-0.05, 0) is 50.9 Å². The standard InChI is InChI=1S/C19H15NO.BrH/c1-11-9-16(17(21)10-20)15-8-6-13-4-2-3-12-5-7-14(11)19(15)18(12)13;/h2-9H,10,20H2,1H3;1H. The average molecular weight is 354 g/mol. The molecule has 0 spiro atoms. The van der Waals surface area contributed by atoms with E-state index in [-0.39, 0.29) is 22.8 Å². The van der Waals surface area contributed by atoms with Gasteiger partial charge in [0.15, 0.2) is 0 Å². The normalized spacial score (nSPS) is 11.2. The molecule has 0 aromatic heterocycles. The van der Waals surface area contributed by atoms with Crippen LogP contribution in [0.4, 0.5) is 0 Å². The number of carbonyl (C=O) groups excluding carboxylic acids is 1. The molecule has 4 aromatic carbocycles. The fourth-order valence-electron chi connectivity index (χ4n) is 3.37. The fourth-order valence-corrected chi connectivity index (χ4v) is 3.37. The van der Waals surface area contributed by atoms with Gasteiger partial charge in [0, 0.05) is 5.56 Å². The van der Waals surface area contributed by atoms with Gasteiger partial charge in [0.2, 0.25) is 5.78 Å². The number of hydrogen-bond donors (Lipinski definition) is 1. The molecular weight excluding hydrogens is 338 g/mol. The maximum Gasteiger partial charge on any atom is 0.217 e. The first-order valence-corrected chi connectivity index (χ1v) is 7.20. The number of halogens is 1. The first-order valence-electron chi connectivity index (χ1n) is 7.20. The monoisotopic (exact) mass is 353 g/mol. The minimum absolute atomic E-state index is 0. The molecule has 0 radical (unpaired) electrons. The van der Waals surface area contributed by atoms with Crippen molar-refractivity contribution in [2.45, 2.75) is 6.92 Å². The highest BCUT2D eigenvalue weighted by molar-refractivity contribution is 6.27. The average Bonchev–Trinajstić information content (AvgIpc) is 2.53. The zero-order chi connectivity index (χ0) is 14.6. The zero-order valence-electron chi connectivity index (χ0n) is 12.3. The van der Waals surface area contributed by atoms with E-state index in [2.05, 4.69) is 55.1 Å². The number of aryl methyl sites for hydroxylation is 1. The van der Waals surface area contributed by atoms with Crippen LogP contribution in [-0.4, -0.2) is 12.3 Å². The number of quaternary nitrogens is 1. The second-order valence-corrected chi connectivity index (χ2v) is 5.59. The summed E-state index contributed by atoms with van der Waals surface area (Å²) in [5.41, 5.74) is 5.70. The summed E-state index contributed by atoms with van der Waals surface area (Å²) in [7, 11) is 0. The topological polar surface area (TPSA) is 44.7 Å². The van der Waals surface area contributed by atoms with Crippen molar-refractivity contribution in [3.63, 3.8) is 0 Å². The first-order chi connectivity index (χ1) is 10.2. The summed E-state index contributed by atoms with van der Waals surface area (Å²) in [4.78, 5) is 12.2. The van der Waals surface area contributed by atoms with Crippen LogP contribution in [-0.2, 0) is 0 Å². The predicted octanol–water partition coefficient (Wildman–Crippen LogP) is 0.321. The minimum atomic E-state index is 0. The Morgan fingerprint density at radius 2 is 1.59 bits per heavy atom. The lowest BCUT2D eigenvalue weighted by Crippen LogP contribution is -3.00. The Bertz CT molecular complexity index is 991. The molecule has 0 fully saturated rings. The van der Waals surface area contributed by atoms with Gasteiger partial charge in [0.05, 0.1) is 0 Å². The molecule has 2 nitrogen and oxygen atoms in total. The molecule has 0 amide bonds. The first kappa shape index (κ1) is 14.9. The molecule has 110 valence electrons. The van der Waals surface area contributed by atoms with Crippen molar-refractivity contribution in [2.75, 3.05) is 6.54 Å². The van der Waals surface area contributed by atoms with Gasteiger partial charge in [-0.1, -0.05) is 42.5 Å². The number of ketones is 1. The van der Waals surface area contributed by atoms with E-state index in [1.54, 1.807) is 0 Å². The van der Waals surface area contributed by atoms with Crippen molar-refractivity contribution in [3.8, 4) is 0 Å². The molecule has 0 saturated heterocycles. The van der Waals surface area contributed by atoms with Crippen LogP contribution in [0.1, 0.15) is 15.9 Å². The Hall–Kier alpha value is -1.97. The smallest absolute Gasteiger partial charge is 0.217 e. The highest BCUT2D eigenvalue weighted by atomic mass is 79.9. The van der Waals surface area contributed by atoms with E-state index >= 15 is 0 Å². The Balaban J connectivity index is 0.00000144. The summed E-state index contributed by atoms with van der Waals surface area (Å²) in [6.07, 6.45) is 0.